The summed E-state index contributed by atoms with van der Waals surface area (Å²) in [6.07, 6.45) is 50.7. The minimum atomic E-state index is -0.666. The Morgan fingerprint density at radius 3 is 1.09 bits per heavy atom. The van der Waals surface area contributed by atoms with Crippen LogP contribution >= 0.6 is 0 Å². The molecule has 1 amide bonds. The van der Waals surface area contributed by atoms with Crippen LogP contribution in [0.1, 0.15) is 284 Å². The van der Waals surface area contributed by atoms with Crippen LogP contribution in [0.25, 0.3) is 0 Å². The third kappa shape index (κ3) is 42.5. The Bertz CT molecular complexity index is 791. The fourth-order valence-electron chi connectivity index (χ4n) is 7.99. The van der Waals surface area contributed by atoms with Gasteiger partial charge in [0, 0.05) is 12.8 Å². The molecule has 0 saturated heterocycles. The Balaban J connectivity index is 3.41. The summed E-state index contributed by atoms with van der Waals surface area (Å²) < 4.78 is 5.45. The van der Waals surface area contributed by atoms with Crippen LogP contribution in [0, 0.1) is 0 Å². The molecular formula is C50H99NO5. The van der Waals surface area contributed by atoms with Crippen molar-refractivity contribution < 1.29 is 24.5 Å². The van der Waals surface area contributed by atoms with E-state index in [9.17, 15) is 19.8 Å². The predicted molar refractivity (Wildman–Crippen MR) is 241 cm³/mol. The van der Waals surface area contributed by atoms with Gasteiger partial charge in [0.25, 0.3) is 0 Å². The number of ether oxygens (including phenoxy) is 1. The first kappa shape index (κ1) is 54.9. The topological polar surface area (TPSA) is 95.9 Å². The number of carbonyl (C=O) groups is 2. The van der Waals surface area contributed by atoms with Crippen molar-refractivity contribution in [3.63, 3.8) is 0 Å². The summed E-state index contributed by atoms with van der Waals surface area (Å²) in [5.74, 6) is -0.0381. The molecule has 6 heteroatoms. The van der Waals surface area contributed by atoms with Crippen molar-refractivity contribution in [2.24, 2.45) is 0 Å². The van der Waals surface area contributed by atoms with Gasteiger partial charge in [-0.1, -0.05) is 245 Å². The lowest BCUT2D eigenvalue weighted by molar-refractivity contribution is -0.143. The number of hydrogen-bond acceptors (Lipinski definition) is 5. The zero-order valence-corrected chi connectivity index (χ0v) is 37.9. The first-order valence-corrected chi connectivity index (χ1v) is 25.3. The first-order chi connectivity index (χ1) is 27.5. The summed E-state index contributed by atoms with van der Waals surface area (Å²) >= 11 is 0. The van der Waals surface area contributed by atoms with Gasteiger partial charge in [0.2, 0.25) is 5.91 Å². The van der Waals surface area contributed by atoms with E-state index in [0.29, 0.717) is 25.9 Å². The highest BCUT2D eigenvalue weighted by molar-refractivity contribution is 5.76. The lowest BCUT2D eigenvalue weighted by atomic mass is 10.0. The number of amides is 1. The number of unbranched alkanes of at least 4 members (excludes halogenated alkanes) is 36. The van der Waals surface area contributed by atoms with Gasteiger partial charge in [-0.25, -0.2) is 0 Å². The molecule has 56 heavy (non-hydrogen) atoms. The third-order valence-electron chi connectivity index (χ3n) is 11.9. The first-order valence-electron chi connectivity index (χ1n) is 25.3. The summed E-state index contributed by atoms with van der Waals surface area (Å²) in [6, 6.07) is -0.543. The van der Waals surface area contributed by atoms with Gasteiger partial charge in [-0.2, -0.15) is 0 Å². The smallest absolute Gasteiger partial charge is 0.305 e. The lowest BCUT2D eigenvalue weighted by Gasteiger charge is -2.22. The van der Waals surface area contributed by atoms with Crippen LogP contribution in [-0.2, 0) is 14.3 Å². The third-order valence-corrected chi connectivity index (χ3v) is 11.9. The molecule has 0 bridgehead atoms. The molecule has 0 aromatic rings. The molecule has 0 heterocycles. The van der Waals surface area contributed by atoms with Crippen LogP contribution in [0.2, 0.25) is 0 Å². The van der Waals surface area contributed by atoms with Crippen molar-refractivity contribution >= 4 is 11.9 Å². The number of aliphatic hydroxyl groups excluding tert-OH is 2. The SMILES string of the molecule is CCCCCCCCCCCCCCC(O)C(CO)NC(=O)CCCCCCCCCCCCCCCCCCOC(=O)CCCCCCCCCCCCC. The molecule has 0 rings (SSSR count). The van der Waals surface area contributed by atoms with Crippen molar-refractivity contribution in [3.05, 3.63) is 0 Å². The quantitative estimate of drug-likeness (QED) is 0.0421. The molecule has 0 fully saturated rings. The Morgan fingerprint density at radius 2 is 0.732 bits per heavy atom. The van der Waals surface area contributed by atoms with Crippen LogP contribution in [0.15, 0.2) is 0 Å². The molecule has 0 aliphatic heterocycles. The summed E-state index contributed by atoms with van der Waals surface area (Å²) in [6.45, 7) is 4.94. The zero-order valence-electron chi connectivity index (χ0n) is 37.9. The molecule has 0 radical (unpaired) electrons. The molecule has 0 spiro atoms. The number of esters is 1. The molecule has 334 valence electrons. The highest BCUT2D eigenvalue weighted by Crippen LogP contribution is 2.17. The van der Waals surface area contributed by atoms with E-state index in [4.69, 9.17) is 4.74 Å². The summed E-state index contributed by atoms with van der Waals surface area (Å²) in [4.78, 5) is 24.4. The fraction of sp³-hybridized carbons (Fsp3) is 0.960. The summed E-state index contributed by atoms with van der Waals surface area (Å²) in [5, 5.41) is 23.2. The molecule has 0 aliphatic carbocycles. The minimum absolute atomic E-state index is 0.00316. The Kier molecular flexibility index (Phi) is 45.6. The van der Waals surface area contributed by atoms with Crippen LogP contribution in [-0.4, -0.2) is 47.4 Å². The van der Waals surface area contributed by atoms with E-state index in [1.165, 1.54) is 205 Å². The highest BCUT2D eigenvalue weighted by Gasteiger charge is 2.20. The number of carbonyl (C=O) groups excluding carboxylic acids is 2. The normalized spacial score (nSPS) is 12.6. The molecular weight excluding hydrogens is 695 g/mol. The van der Waals surface area contributed by atoms with Gasteiger partial charge in [0.15, 0.2) is 0 Å². The molecule has 3 N–H and O–H groups in total. The predicted octanol–water partition coefficient (Wildman–Crippen LogP) is 14.8. The van der Waals surface area contributed by atoms with Gasteiger partial charge in [0.05, 0.1) is 25.4 Å². The van der Waals surface area contributed by atoms with E-state index >= 15 is 0 Å². The second-order valence-electron chi connectivity index (χ2n) is 17.5. The van der Waals surface area contributed by atoms with E-state index < -0.39 is 12.1 Å². The number of rotatable bonds is 47. The second-order valence-corrected chi connectivity index (χ2v) is 17.5. The van der Waals surface area contributed by atoms with Gasteiger partial charge in [0.1, 0.15) is 0 Å². The number of aliphatic hydroxyl groups is 2. The average Bonchev–Trinajstić information content (AvgIpc) is 3.20. The Labute approximate surface area is 349 Å². The lowest BCUT2D eigenvalue weighted by Crippen LogP contribution is -2.45. The van der Waals surface area contributed by atoms with Crippen LogP contribution in [0.5, 0.6) is 0 Å². The maximum absolute atomic E-state index is 12.4. The van der Waals surface area contributed by atoms with Gasteiger partial charge in [-0.3, -0.25) is 9.59 Å². The van der Waals surface area contributed by atoms with Gasteiger partial charge in [-0.05, 0) is 25.7 Å². The molecule has 0 aromatic heterocycles. The molecule has 0 aromatic carbocycles. The van der Waals surface area contributed by atoms with E-state index in [1.54, 1.807) is 0 Å². The van der Waals surface area contributed by atoms with Crippen molar-refractivity contribution in [2.75, 3.05) is 13.2 Å². The van der Waals surface area contributed by atoms with Gasteiger partial charge in [-0.15, -0.1) is 0 Å². The van der Waals surface area contributed by atoms with Crippen LogP contribution < -0.4 is 5.32 Å². The van der Waals surface area contributed by atoms with Crippen molar-refractivity contribution in [2.45, 2.75) is 296 Å². The highest BCUT2D eigenvalue weighted by atomic mass is 16.5. The molecule has 2 unspecified atom stereocenters. The zero-order chi connectivity index (χ0) is 40.8. The minimum Gasteiger partial charge on any atom is -0.466 e. The number of hydrogen-bond donors (Lipinski definition) is 3. The largest absolute Gasteiger partial charge is 0.466 e. The van der Waals surface area contributed by atoms with Crippen molar-refractivity contribution in [1.29, 1.82) is 0 Å². The standard InChI is InChI=1S/C50H99NO5/c1-3-5-7-9-11-13-15-23-26-30-34-38-42-48(53)47(46-52)51-49(54)43-39-35-31-27-24-20-18-16-17-19-21-25-29-33-37-41-45-56-50(55)44-40-36-32-28-22-14-12-10-8-6-4-2/h47-48,52-53H,3-46H2,1-2H3,(H,51,54). The van der Waals surface area contributed by atoms with Crippen LogP contribution in [0.3, 0.4) is 0 Å². The second kappa shape index (κ2) is 46.5. The van der Waals surface area contributed by atoms with Crippen molar-refractivity contribution in [3.8, 4) is 0 Å². The Morgan fingerprint density at radius 1 is 0.429 bits per heavy atom. The van der Waals surface area contributed by atoms with E-state index in [1.807, 2.05) is 0 Å². The maximum atomic E-state index is 12.4. The number of nitrogens with one attached hydrogen (secondary N) is 1. The molecule has 0 saturated carbocycles. The van der Waals surface area contributed by atoms with Gasteiger partial charge >= 0.3 is 5.97 Å². The van der Waals surface area contributed by atoms with Crippen molar-refractivity contribution in [1.82, 2.24) is 5.32 Å². The van der Waals surface area contributed by atoms with E-state index in [0.717, 1.165) is 44.9 Å². The molecule has 2 atom stereocenters. The molecule has 0 aliphatic rings. The summed E-state index contributed by atoms with van der Waals surface area (Å²) in [5.41, 5.74) is 0. The molecule has 6 nitrogen and oxygen atoms in total. The Hall–Kier alpha value is -1.14. The monoisotopic (exact) mass is 794 g/mol. The fourth-order valence-corrected chi connectivity index (χ4v) is 7.99. The summed E-state index contributed by atoms with van der Waals surface area (Å²) in [7, 11) is 0. The van der Waals surface area contributed by atoms with E-state index in [2.05, 4.69) is 19.2 Å². The average molecular weight is 794 g/mol. The van der Waals surface area contributed by atoms with E-state index in [-0.39, 0.29) is 18.5 Å². The van der Waals surface area contributed by atoms with Gasteiger partial charge < -0.3 is 20.3 Å². The van der Waals surface area contributed by atoms with Crippen LogP contribution in [0.4, 0.5) is 0 Å². The maximum Gasteiger partial charge on any atom is 0.305 e.